The quantitative estimate of drug-likeness (QED) is 0.882. The lowest BCUT2D eigenvalue weighted by atomic mass is 10.1. The molecule has 0 atom stereocenters. The molecule has 1 heterocycles. The Kier molecular flexibility index (Phi) is 5.39. The number of hydrogen-bond acceptors (Lipinski definition) is 3. The highest BCUT2D eigenvalue weighted by atomic mass is 35.5. The van der Waals surface area contributed by atoms with Crippen LogP contribution in [-0.2, 0) is 13.1 Å². The zero-order valence-electron chi connectivity index (χ0n) is 11.9. The Labute approximate surface area is 125 Å². The number of halogens is 1. The van der Waals surface area contributed by atoms with Crippen LogP contribution < -0.4 is 10.2 Å². The second kappa shape index (κ2) is 7.27. The molecule has 0 saturated carbocycles. The van der Waals surface area contributed by atoms with E-state index >= 15 is 0 Å². The van der Waals surface area contributed by atoms with Crippen molar-refractivity contribution in [2.45, 2.75) is 20.0 Å². The Hall–Kier alpha value is -1.58. The molecule has 0 bridgehead atoms. The van der Waals surface area contributed by atoms with E-state index in [0.717, 1.165) is 24.7 Å². The molecule has 1 N–H and O–H groups in total. The smallest absolute Gasteiger partial charge is 0.0427 e. The van der Waals surface area contributed by atoms with Gasteiger partial charge in [0.2, 0.25) is 0 Å². The van der Waals surface area contributed by atoms with E-state index in [0.29, 0.717) is 0 Å². The summed E-state index contributed by atoms with van der Waals surface area (Å²) in [5, 5.41) is 4.13. The van der Waals surface area contributed by atoms with Crippen LogP contribution in [0.4, 0.5) is 5.69 Å². The number of nitrogens with zero attached hydrogens (tertiary/aromatic N) is 2. The maximum Gasteiger partial charge on any atom is 0.0427 e. The fourth-order valence-corrected chi connectivity index (χ4v) is 2.37. The van der Waals surface area contributed by atoms with Crippen molar-refractivity contribution in [2.75, 3.05) is 18.5 Å². The average molecular weight is 290 g/mol. The van der Waals surface area contributed by atoms with Gasteiger partial charge in [0.1, 0.15) is 0 Å². The van der Waals surface area contributed by atoms with Gasteiger partial charge in [-0.15, -0.1) is 0 Å². The van der Waals surface area contributed by atoms with Crippen LogP contribution in [0.25, 0.3) is 0 Å². The van der Waals surface area contributed by atoms with Crippen LogP contribution in [0.15, 0.2) is 42.7 Å². The van der Waals surface area contributed by atoms with E-state index in [-0.39, 0.29) is 0 Å². The zero-order valence-corrected chi connectivity index (χ0v) is 12.7. The molecule has 2 aromatic rings. The summed E-state index contributed by atoms with van der Waals surface area (Å²) in [6, 6.07) is 10.1. The van der Waals surface area contributed by atoms with Crippen molar-refractivity contribution < 1.29 is 0 Å². The van der Waals surface area contributed by atoms with Gasteiger partial charge in [0.25, 0.3) is 0 Å². The molecule has 0 amide bonds. The maximum absolute atomic E-state index is 6.11. The van der Waals surface area contributed by atoms with E-state index in [1.807, 2.05) is 36.7 Å². The summed E-state index contributed by atoms with van der Waals surface area (Å²) in [4.78, 5) is 6.28. The highest BCUT2D eigenvalue weighted by molar-refractivity contribution is 6.30. The third-order valence-corrected chi connectivity index (χ3v) is 3.42. The third kappa shape index (κ3) is 3.95. The molecule has 4 heteroatoms. The summed E-state index contributed by atoms with van der Waals surface area (Å²) >= 11 is 6.11. The minimum Gasteiger partial charge on any atom is -0.370 e. The second-order valence-corrected chi connectivity index (χ2v) is 5.20. The fourth-order valence-electron chi connectivity index (χ4n) is 2.17. The fraction of sp³-hybridized carbons (Fsp3) is 0.312. The van der Waals surface area contributed by atoms with Crippen molar-refractivity contribution in [3.05, 3.63) is 58.9 Å². The van der Waals surface area contributed by atoms with E-state index in [4.69, 9.17) is 11.6 Å². The van der Waals surface area contributed by atoms with Crippen LogP contribution in [0.2, 0.25) is 5.02 Å². The molecule has 0 aliphatic carbocycles. The molecule has 20 heavy (non-hydrogen) atoms. The van der Waals surface area contributed by atoms with Gasteiger partial charge < -0.3 is 10.2 Å². The topological polar surface area (TPSA) is 28.2 Å². The molecule has 0 fully saturated rings. The van der Waals surface area contributed by atoms with Crippen molar-refractivity contribution in [3.8, 4) is 0 Å². The first-order valence-corrected chi connectivity index (χ1v) is 7.17. The number of rotatable bonds is 6. The summed E-state index contributed by atoms with van der Waals surface area (Å²) in [6.07, 6.45) is 3.65. The van der Waals surface area contributed by atoms with Gasteiger partial charge in [0.15, 0.2) is 0 Å². The van der Waals surface area contributed by atoms with E-state index in [2.05, 4.69) is 35.2 Å². The zero-order chi connectivity index (χ0) is 14.4. The van der Waals surface area contributed by atoms with Crippen molar-refractivity contribution in [2.24, 2.45) is 0 Å². The molecule has 106 valence electrons. The SMILES string of the molecule is CCNCc1cc(Cl)ccc1N(C)Cc1ccncc1. The molecule has 0 radical (unpaired) electrons. The van der Waals surface area contributed by atoms with Crippen molar-refractivity contribution >= 4 is 17.3 Å². The minimum atomic E-state index is 0.777. The average Bonchev–Trinajstić information content (AvgIpc) is 2.46. The maximum atomic E-state index is 6.11. The van der Waals surface area contributed by atoms with Crippen molar-refractivity contribution in [1.29, 1.82) is 0 Å². The number of anilines is 1. The Morgan fingerprint density at radius 3 is 2.65 bits per heavy atom. The van der Waals surface area contributed by atoms with Gasteiger partial charge in [-0.25, -0.2) is 0 Å². The molecule has 0 saturated heterocycles. The van der Waals surface area contributed by atoms with E-state index in [1.165, 1.54) is 16.8 Å². The van der Waals surface area contributed by atoms with Gasteiger partial charge in [-0.3, -0.25) is 4.98 Å². The van der Waals surface area contributed by atoms with Crippen LogP contribution in [0, 0.1) is 0 Å². The lowest BCUT2D eigenvalue weighted by Crippen LogP contribution is -2.20. The summed E-state index contributed by atoms with van der Waals surface area (Å²) in [7, 11) is 2.10. The number of aromatic nitrogens is 1. The van der Waals surface area contributed by atoms with Crippen LogP contribution in [0.1, 0.15) is 18.1 Å². The molecule has 0 aliphatic heterocycles. The standard InChI is InChI=1S/C16H20ClN3/c1-3-18-11-14-10-15(17)4-5-16(14)20(2)12-13-6-8-19-9-7-13/h4-10,18H,3,11-12H2,1-2H3. The van der Waals surface area contributed by atoms with Gasteiger partial charge in [0.05, 0.1) is 0 Å². The molecule has 0 aliphatic rings. The lowest BCUT2D eigenvalue weighted by Gasteiger charge is -2.23. The molecule has 1 aromatic heterocycles. The van der Waals surface area contributed by atoms with Gasteiger partial charge in [-0.2, -0.15) is 0 Å². The van der Waals surface area contributed by atoms with E-state index in [9.17, 15) is 0 Å². The van der Waals surface area contributed by atoms with Crippen molar-refractivity contribution in [1.82, 2.24) is 10.3 Å². The van der Waals surface area contributed by atoms with E-state index in [1.54, 1.807) is 0 Å². The van der Waals surface area contributed by atoms with Gasteiger partial charge >= 0.3 is 0 Å². The van der Waals surface area contributed by atoms with Crippen molar-refractivity contribution in [3.63, 3.8) is 0 Å². The number of hydrogen-bond donors (Lipinski definition) is 1. The Bertz CT molecular complexity index is 543. The first-order valence-electron chi connectivity index (χ1n) is 6.80. The summed E-state index contributed by atoms with van der Waals surface area (Å²) in [6.45, 7) is 4.72. The van der Waals surface area contributed by atoms with Crippen LogP contribution in [-0.4, -0.2) is 18.6 Å². The summed E-state index contributed by atoms with van der Waals surface area (Å²) in [5.41, 5.74) is 3.66. The van der Waals surface area contributed by atoms with Crippen LogP contribution >= 0.6 is 11.6 Å². The van der Waals surface area contributed by atoms with E-state index < -0.39 is 0 Å². The molecule has 3 nitrogen and oxygen atoms in total. The normalized spacial score (nSPS) is 10.6. The van der Waals surface area contributed by atoms with Crippen LogP contribution in [0.3, 0.4) is 0 Å². The molecular formula is C16H20ClN3. The first kappa shape index (κ1) is 14.8. The molecule has 1 aromatic carbocycles. The second-order valence-electron chi connectivity index (χ2n) is 4.76. The molecule has 2 rings (SSSR count). The van der Waals surface area contributed by atoms with Gasteiger partial charge in [-0.05, 0) is 48.0 Å². The molecular weight excluding hydrogens is 270 g/mol. The molecule has 0 unspecified atom stereocenters. The third-order valence-electron chi connectivity index (χ3n) is 3.19. The predicted octanol–water partition coefficient (Wildman–Crippen LogP) is 3.48. The Morgan fingerprint density at radius 1 is 1.20 bits per heavy atom. The van der Waals surface area contributed by atoms with Crippen LogP contribution in [0.5, 0.6) is 0 Å². The first-order chi connectivity index (χ1) is 9.70. The Balaban J connectivity index is 2.18. The van der Waals surface area contributed by atoms with Gasteiger partial charge in [0, 0.05) is 43.2 Å². The number of pyridine rings is 1. The monoisotopic (exact) mass is 289 g/mol. The van der Waals surface area contributed by atoms with Gasteiger partial charge in [-0.1, -0.05) is 18.5 Å². The number of benzene rings is 1. The highest BCUT2D eigenvalue weighted by Crippen LogP contribution is 2.24. The largest absolute Gasteiger partial charge is 0.370 e. The summed E-state index contributed by atoms with van der Waals surface area (Å²) < 4.78 is 0. The predicted molar refractivity (Wildman–Crippen MR) is 85.2 cm³/mol. The Morgan fingerprint density at radius 2 is 1.95 bits per heavy atom. The lowest BCUT2D eigenvalue weighted by molar-refractivity contribution is 0.723. The highest BCUT2D eigenvalue weighted by Gasteiger charge is 2.08. The minimum absolute atomic E-state index is 0.777. The number of nitrogens with one attached hydrogen (secondary N) is 1. The molecule has 0 spiro atoms. The summed E-state index contributed by atoms with van der Waals surface area (Å²) in [5.74, 6) is 0.